The van der Waals surface area contributed by atoms with Gasteiger partial charge in [0.2, 0.25) is 23.8 Å². The summed E-state index contributed by atoms with van der Waals surface area (Å²) in [4.78, 5) is 24.6. The van der Waals surface area contributed by atoms with Gasteiger partial charge in [0.05, 0.1) is 18.5 Å². The molecule has 0 saturated carbocycles. The van der Waals surface area contributed by atoms with Crippen molar-refractivity contribution in [1.29, 1.82) is 0 Å². The van der Waals surface area contributed by atoms with Gasteiger partial charge in [-0.2, -0.15) is 13.9 Å². The van der Waals surface area contributed by atoms with Crippen molar-refractivity contribution in [1.82, 2.24) is 20.4 Å². The Bertz CT molecular complexity index is 1470. The number of halogens is 3. The molecule has 0 radical (unpaired) electrons. The molecule has 0 aliphatic heterocycles. The summed E-state index contributed by atoms with van der Waals surface area (Å²) in [5, 5.41) is 22.8. The van der Waals surface area contributed by atoms with Gasteiger partial charge in [-0.3, -0.25) is 9.59 Å². The highest BCUT2D eigenvalue weighted by Gasteiger charge is 2.12. The number of anilines is 2. The third-order valence-corrected chi connectivity index (χ3v) is 6.65. The first-order chi connectivity index (χ1) is 20.4. The highest BCUT2D eigenvalue weighted by molar-refractivity contribution is 7.15. The van der Waals surface area contributed by atoms with Crippen LogP contribution in [0.1, 0.15) is 34.7 Å². The average molecular weight is 601 g/mol. The Balaban J connectivity index is 1.15. The van der Waals surface area contributed by atoms with Gasteiger partial charge in [-0.25, -0.2) is 4.39 Å². The number of nitrogens with one attached hydrogen (secondary N) is 2. The van der Waals surface area contributed by atoms with E-state index < -0.39 is 13.5 Å². The van der Waals surface area contributed by atoms with Crippen LogP contribution in [0, 0.1) is 0 Å². The normalized spacial score (nSPS) is 10.9. The fourth-order valence-corrected chi connectivity index (χ4v) is 4.71. The Morgan fingerprint density at radius 1 is 0.810 bits per heavy atom. The van der Waals surface area contributed by atoms with E-state index >= 15 is 0 Å². The van der Waals surface area contributed by atoms with E-state index in [2.05, 4.69) is 35.8 Å². The third kappa shape index (κ3) is 10.1. The summed E-state index contributed by atoms with van der Waals surface area (Å²) >= 11 is 1.27. The maximum absolute atomic E-state index is 12.4. The molecule has 0 aliphatic carbocycles. The molecule has 0 bridgehead atoms. The van der Waals surface area contributed by atoms with E-state index in [9.17, 15) is 22.8 Å². The molecule has 0 unspecified atom stereocenters. The van der Waals surface area contributed by atoms with Crippen molar-refractivity contribution in [3.05, 3.63) is 82.5 Å². The van der Waals surface area contributed by atoms with Crippen LogP contribution >= 0.6 is 11.3 Å². The van der Waals surface area contributed by atoms with Crippen LogP contribution in [-0.4, -0.2) is 45.7 Å². The zero-order valence-corrected chi connectivity index (χ0v) is 23.1. The number of ether oxygens (including phenoxy) is 2. The van der Waals surface area contributed by atoms with Gasteiger partial charge in [-0.1, -0.05) is 35.6 Å². The highest BCUT2D eigenvalue weighted by atomic mass is 32.1. The molecule has 2 N–H and O–H groups in total. The second kappa shape index (κ2) is 15.4. The van der Waals surface area contributed by atoms with E-state index in [1.54, 1.807) is 42.5 Å². The molecule has 2 heterocycles. The largest absolute Gasteiger partial charge is 0.463 e. The number of hydrogen-bond acceptors (Lipinski definition) is 9. The molecule has 0 fully saturated rings. The molecular weight excluding hydrogens is 573 g/mol. The summed E-state index contributed by atoms with van der Waals surface area (Å²) in [5.74, 6) is 0.0471. The number of carbonyl (C=O) groups excluding carboxylic acids is 2. The Morgan fingerprint density at radius 2 is 1.50 bits per heavy atom. The van der Waals surface area contributed by atoms with Crippen LogP contribution in [0.15, 0.2) is 60.7 Å². The topological polar surface area (TPSA) is 128 Å². The fraction of sp³-hybridized carbons (Fsp3) is 0.286. The molecule has 2 aromatic carbocycles. The predicted molar refractivity (Wildman–Crippen MR) is 149 cm³/mol. The van der Waals surface area contributed by atoms with Crippen LogP contribution in [0.4, 0.5) is 24.1 Å². The number of alkyl halides is 3. The smallest absolute Gasteiger partial charge is 0.387 e. The monoisotopic (exact) mass is 600 g/mol. The summed E-state index contributed by atoms with van der Waals surface area (Å²) in [6.07, 6.45) is 3.03. The van der Waals surface area contributed by atoms with Gasteiger partial charge in [-0.15, -0.1) is 15.3 Å². The summed E-state index contributed by atoms with van der Waals surface area (Å²) in [6, 6.07) is 16.1. The van der Waals surface area contributed by atoms with Crippen LogP contribution in [0.5, 0.6) is 11.5 Å². The molecule has 0 atom stereocenters. The Kier molecular flexibility index (Phi) is 11.2. The number of aromatic nitrogens is 4. The van der Waals surface area contributed by atoms with Crippen molar-refractivity contribution in [3.8, 4) is 11.5 Å². The number of aryl methyl sites for hydroxylation is 2. The van der Waals surface area contributed by atoms with E-state index in [0.29, 0.717) is 40.7 Å². The van der Waals surface area contributed by atoms with Gasteiger partial charge < -0.3 is 20.1 Å². The SMILES string of the molecule is O=C(Cc1cccc(OCF)c1)Nc1ccc(CCCCc2nnc(NC(=O)Cc3cccc(OC(F)F)c3)s2)nn1. The number of rotatable bonds is 15. The molecule has 0 saturated heterocycles. The lowest BCUT2D eigenvalue weighted by molar-refractivity contribution is -0.116. The van der Waals surface area contributed by atoms with Crippen molar-refractivity contribution in [2.75, 3.05) is 17.5 Å². The molecule has 2 aromatic heterocycles. The molecule has 10 nitrogen and oxygen atoms in total. The first-order valence-electron chi connectivity index (χ1n) is 12.9. The van der Waals surface area contributed by atoms with Crippen molar-refractivity contribution in [2.45, 2.75) is 45.1 Å². The molecular formula is C28H27F3N6O4S. The lowest BCUT2D eigenvalue weighted by atomic mass is 10.1. The summed E-state index contributed by atoms with van der Waals surface area (Å²) < 4.78 is 46.3. The molecule has 42 heavy (non-hydrogen) atoms. The lowest BCUT2D eigenvalue weighted by Gasteiger charge is -2.07. The quantitative estimate of drug-likeness (QED) is 0.179. The number of benzene rings is 2. The van der Waals surface area contributed by atoms with Gasteiger partial charge >= 0.3 is 6.61 Å². The van der Waals surface area contributed by atoms with Crippen molar-refractivity contribution in [2.24, 2.45) is 0 Å². The van der Waals surface area contributed by atoms with E-state index in [1.807, 2.05) is 0 Å². The van der Waals surface area contributed by atoms with E-state index in [-0.39, 0.29) is 30.4 Å². The number of amides is 2. The van der Waals surface area contributed by atoms with Gasteiger partial charge in [0.25, 0.3) is 0 Å². The fourth-order valence-electron chi connectivity index (χ4n) is 3.91. The second-order valence-electron chi connectivity index (χ2n) is 8.99. The Hall–Kier alpha value is -4.59. The van der Waals surface area contributed by atoms with Gasteiger partial charge in [0.1, 0.15) is 16.5 Å². The standard InChI is InChI=1S/C28H27F3N6O4S/c29-17-40-21-8-3-5-18(13-21)15-24(38)32-23-12-11-20(34-35-23)7-1-2-10-26-36-37-28(42-26)33-25(39)16-19-6-4-9-22(14-19)41-27(30)31/h3-6,8-9,11-14,27H,1-2,7,10,15-17H2,(H,32,35,38)(H,33,37,39). The molecule has 220 valence electrons. The van der Waals surface area contributed by atoms with Crippen LogP contribution in [0.2, 0.25) is 0 Å². The van der Waals surface area contributed by atoms with Gasteiger partial charge in [-0.05, 0) is 66.8 Å². The molecule has 14 heteroatoms. The van der Waals surface area contributed by atoms with E-state index in [4.69, 9.17) is 4.74 Å². The van der Waals surface area contributed by atoms with Crippen LogP contribution in [-0.2, 0) is 35.3 Å². The zero-order valence-electron chi connectivity index (χ0n) is 22.3. The molecule has 2 amide bonds. The summed E-state index contributed by atoms with van der Waals surface area (Å²) in [7, 11) is 0. The van der Waals surface area contributed by atoms with E-state index in [1.165, 1.54) is 29.5 Å². The maximum atomic E-state index is 12.4. The van der Waals surface area contributed by atoms with Crippen molar-refractivity contribution in [3.63, 3.8) is 0 Å². The number of hydrogen-bond donors (Lipinski definition) is 2. The first kappa shape index (κ1) is 30.4. The minimum absolute atomic E-state index is 0.0107. The molecule has 0 aliphatic rings. The van der Waals surface area contributed by atoms with Gasteiger partial charge in [0, 0.05) is 6.42 Å². The number of carbonyl (C=O) groups is 2. The van der Waals surface area contributed by atoms with Crippen LogP contribution < -0.4 is 20.1 Å². The Labute approximate surface area is 243 Å². The number of nitrogens with zero attached hydrogens (tertiary/aromatic N) is 4. The second-order valence-corrected chi connectivity index (χ2v) is 10.1. The maximum Gasteiger partial charge on any atom is 0.387 e. The third-order valence-electron chi connectivity index (χ3n) is 5.75. The van der Waals surface area contributed by atoms with Crippen LogP contribution in [0.25, 0.3) is 0 Å². The summed E-state index contributed by atoms with van der Waals surface area (Å²) in [6.45, 7) is -3.88. The predicted octanol–water partition coefficient (Wildman–Crippen LogP) is 5.16. The van der Waals surface area contributed by atoms with Crippen LogP contribution in [0.3, 0.4) is 0 Å². The van der Waals surface area contributed by atoms with Crippen molar-refractivity contribution >= 4 is 34.1 Å². The van der Waals surface area contributed by atoms with Gasteiger partial charge in [0.15, 0.2) is 5.82 Å². The average Bonchev–Trinajstić information content (AvgIpc) is 3.39. The Morgan fingerprint density at radius 3 is 2.19 bits per heavy atom. The number of unbranched alkanes of at least 4 members (excludes halogenated alkanes) is 1. The van der Waals surface area contributed by atoms with Crippen molar-refractivity contribution < 1.29 is 32.2 Å². The summed E-state index contributed by atoms with van der Waals surface area (Å²) in [5.41, 5.74) is 1.98. The minimum Gasteiger partial charge on any atom is -0.463 e. The first-order valence-corrected chi connectivity index (χ1v) is 13.7. The molecule has 4 rings (SSSR count). The highest BCUT2D eigenvalue weighted by Crippen LogP contribution is 2.20. The minimum atomic E-state index is -2.94. The van der Waals surface area contributed by atoms with E-state index in [0.717, 1.165) is 23.5 Å². The molecule has 0 spiro atoms. The molecule has 4 aromatic rings. The lowest BCUT2D eigenvalue weighted by Crippen LogP contribution is -2.16. The zero-order chi connectivity index (χ0) is 29.7.